The molecule has 0 spiro atoms. The molecule has 0 aromatic carbocycles. The van der Waals surface area contributed by atoms with E-state index < -0.39 is 0 Å². The molecule has 0 aromatic heterocycles. The van der Waals surface area contributed by atoms with Crippen LogP contribution in [0.15, 0.2) is 0 Å². The van der Waals surface area contributed by atoms with Crippen molar-refractivity contribution in [1.82, 2.24) is 0 Å². The Morgan fingerprint density at radius 3 is 2.25 bits per heavy atom. The van der Waals surface area contributed by atoms with E-state index >= 15 is 0 Å². The van der Waals surface area contributed by atoms with E-state index in [1.54, 1.807) is 6.92 Å². The maximum absolute atomic E-state index is 10.6. The summed E-state index contributed by atoms with van der Waals surface area (Å²) < 4.78 is 0. The van der Waals surface area contributed by atoms with Gasteiger partial charge in [-0.15, -0.1) is 0 Å². The average Bonchev–Trinajstić information content (AvgIpc) is 2.83. The summed E-state index contributed by atoms with van der Waals surface area (Å²) in [4.78, 5) is 10.6. The Morgan fingerprint density at radius 1 is 1.19 bits per heavy atom. The van der Waals surface area contributed by atoms with E-state index in [-0.39, 0.29) is 0 Å². The van der Waals surface area contributed by atoms with Crippen molar-refractivity contribution in [2.24, 2.45) is 0 Å². The largest absolute Gasteiger partial charge is 0.300 e. The van der Waals surface area contributed by atoms with Gasteiger partial charge in [-0.1, -0.05) is 55.7 Å². The lowest BCUT2D eigenvalue weighted by Crippen LogP contribution is -1.98. The molecule has 98 valence electrons. The minimum atomic E-state index is 0.337. The van der Waals surface area contributed by atoms with Crippen LogP contribution in [0.2, 0.25) is 0 Å². The van der Waals surface area contributed by atoms with E-state index in [9.17, 15) is 4.79 Å². The van der Waals surface area contributed by atoms with E-state index in [4.69, 9.17) is 0 Å². The van der Waals surface area contributed by atoms with Gasteiger partial charge in [-0.2, -0.15) is 0 Å². The molecule has 16 heavy (non-hydrogen) atoms. The number of hydrogen-bond acceptors (Lipinski definition) is 3. The summed E-state index contributed by atoms with van der Waals surface area (Å²) in [5, 5.41) is 0.877. The average molecular weight is 264 g/mol. The van der Waals surface area contributed by atoms with Crippen molar-refractivity contribution in [3.63, 3.8) is 0 Å². The third-order valence-corrected chi connectivity index (χ3v) is 5.04. The Morgan fingerprint density at radius 2 is 1.81 bits per heavy atom. The highest BCUT2D eigenvalue weighted by atomic mass is 33.1. The van der Waals surface area contributed by atoms with E-state index in [0.717, 1.165) is 18.1 Å². The first-order valence-corrected chi connectivity index (χ1v) is 8.95. The van der Waals surface area contributed by atoms with E-state index in [1.807, 2.05) is 49.3 Å². The fourth-order valence-electron chi connectivity index (χ4n) is 1.31. The van der Waals surface area contributed by atoms with Gasteiger partial charge in [-0.3, -0.25) is 0 Å². The predicted octanol–water partition coefficient (Wildman–Crippen LogP) is 5.34. The molecule has 0 unspecified atom stereocenters. The van der Waals surface area contributed by atoms with Gasteiger partial charge >= 0.3 is 0 Å². The van der Waals surface area contributed by atoms with Gasteiger partial charge in [-0.05, 0) is 26.2 Å². The lowest BCUT2D eigenvalue weighted by atomic mass is 10.1. The Bertz CT molecular complexity index is 143. The Labute approximate surface area is 110 Å². The molecule has 1 atom stereocenters. The third kappa shape index (κ3) is 12.4. The van der Waals surface area contributed by atoms with Crippen LogP contribution in [0.4, 0.5) is 0 Å². The van der Waals surface area contributed by atoms with Crippen molar-refractivity contribution in [1.29, 1.82) is 0 Å². The second kappa shape index (κ2) is 15.4. The first-order valence-electron chi connectivity index (χ1n) is 6.57. The molecular weight excluding hydrogens is 236 g/mol. The van der Waals surface area contributed by atoms with Gasteiger partial charge in [-0.25, -0.2) is 0 Å². The van der Waals surface area contributed by atoms with Crippen LogP contribution in [0.1, 0.15) is 66.7 Å². The van der Waals surface area contributed by atoms with Crippen LogP contribution in [-0.2, 0) is 4.79 Å². The molecule has 1 fully saturated rings. The van der Waals surface area contributed by atoms with Crippen LogP contribution >= 0.6 is 21.6 Å². The van der Waals surface area contributed by atoms with E-state index in [2.05, 4.69) is 0 Å². The van der Waals surface area contributed by atoms with Crippen LogP contribution < -0.4 is 0 Å². The van der Waals surface area contributed by atoms with Gasteiger partial charge in [0.2, 0.25) is 0 Å². The Balaban J connectivity index is 0. The van der Waals surface area contributed by atoms with E-state index in [0.29, 0.717) is 5.78 Å². The molecule has 1 nitrogen and oxygen atoms in total. The number of carbonyl (C=O) groups excluding carboxylic acids is 1. The van der Waals surface area contributed by atoms with Crippen molar-refractivity contribution in [2.45, 2.75) is 72.0 Å². The summed E-state index contributed by atoms with van der Waals surface area (Å²) in [5.74, 6) is 1.66. The zero-order valence-corrected chi connectivity index (χ0v) is 13.2. The number of hydrogen-bond donors (Lipinski definition) is 0. The lowest BCUT2D eigenvalue weighted by Gasteiger charge is -2.05. The van der Waals surface area contributed by atoms with Gasteiger partial charge < -0.3 is 4.79 Å². The lowest BCUT2D eigenvalue weighted by molar-refractivity contribution is -0.117. The summed E-state index contributed by atoms with van der Waals surface area (Å²) in [7, 11) is 4.03. The van der Waals surface area contributed by atoms with Gasteiger partial charge in [0.05, 0.1) is 0 Å². The quantitative estimate of drug-likeness (QED) is 0.493. The van der Waals surface area contributed by atoms with Gasteiger partial charge in [0, 0.05) is 17.4 Å². The molecule has 0 aliphatic carbocycles. The molecule has 0 bridgehead atoms. The molecule has 1 heterocycles. The first-order chi connectivity index (χ1) is 7.79. The zero-order valence-electron chi connectivity index (χ0n) is 11.5. The highest BCUT2D eigenvalue weighted by Gasteiger charge is 2.15. The molecule has 1 aliphatic heterocycles. The maximum Gasteiger partial charge on any atom is 0.129 e. The molecular formula is C13H28OS2. The minimum absolute atomic E-state index is 0.337. The topological polar surface area (TPSA) is 17.1 Å². The van der Waals surface area contributed by atoms with Crippen molar-refractivity contribution < 1.29 is 4.79 Å². The molecule has 1 rings (SSSR count). The fourth-order valence-corrected chi connectivity index (χ4v) is 4.34. The fraction of sp³-hybridized carbons (Fsp3) is 0.923. The number of unbranched alkanes of at least 4 members (excludes halogenated alkanes) is 1. The zero-order chi connectivity index (χ0) is 12.8. The van der Waals surface area contributed by atoms with E-state index in [1.165, 1.54) is 25.0 Å². The van der Waals surface area contributed by atoms with Crippen LogP contribution in [0.25, 0.3) is 0 Å². The summed E-state index contributed by atoms with van der Waals surface area (Å²) in [6, 6.07) is 0. The predicted molar refractivity (Wildman–Crippen MR) is 80.3 cm³/mol. The van der Waals surface area contributed by atoms with Gasteiger partial charge in [0.1, 0.15) is 5.78 Å². The standard InChI is InChI=1S/C9H16OS2.2C2H6/c1-8(10)4-2-3-5-9-6-7-11-12-9;2*1-2/h9H,2-7H2,1H3;2*1-2H3/t9-;;/m0../s1. The molecule has 0 saturated carbocycles. The van der Waals surface area contributed by atoms with Crippen molar-refractivity contribution in [2.75, 3.05) is 5.75 Å². The smallest absolute Gasteiger partial charge is 0.129 e. The third-order valence-electron chi connectivity index (χ3n) is 2.03. The Kier molecular flexibility index (Phi) is 18.0. The molecule has 1 saturated heterocycles. The highest BCUT2D eigenvalue weighted by molar-refractivity contribution is 8.77. The molecule has 0 N–H and O–H groups in total. The SMILES string of the molecule is CC.CC.CC(=O)CCCC[C@H]1CCSS1. The number of rotatable bonds is 5. The monoisotopic (exact) mass is 264 g/mol. The van der Waals surface area contributed by atoms with Crippen LogP contribution in [0, 0.1) is 0 Å². The number of Topliss-reactive ketones (excluding diaryl/α,β-unsaturated/α-hetero) is 1. The van der Waals surface area contributed by atoms with Crippen LogP contribution in [-0.4, -0.2) is 16.8 Å². The molecule has 1 aliphatic rings. The van der Waals surface area contributed by atoms with Crippen molar-refractivity contribution in [3.8, 4) is 0 Å². The second-order valence-corrected chi connectivity index (χ2v) is 6.06. The Hall–Kier alpha value is 0.370. The van der Waals surface area contributed by atoms with Crippen molar-refractivity contribution >= 4 is 27.4 Å². The summed E-state index contributed by atoms with van der Waals surface area (Å²) >= 11 is 0. The summed E-state index contributed by atoms with van der Waals surface area (Å²) in [5.41, 5.74) is 0. The maximum atomic E-state index is 10.6. The molecule has 0 aromatic rings. The van der Waals surface area contributed by atoms with Crippen LogP contribution in [0.5, 0.6) is 0 Å². The van der Waals surface area contributed by atoms with Crippen LogP contribution in [0.3, 0.4) is 0 Å². The molecule has 0 amide bonds. The summed E-state index contributed by atoms with van der Waals surface area (Å²) in [6.45, 7) is 9.68. The second-order valence-electron chi connectivity index (χ2n) is 3.28. The number of carbonyl (C=O) groups is 1. The summed E-state index contributed by atoms with van der Waals surface area (Å²) in [6.07, 6.45) is 5.79. The highest BCUT2D eigenvalue weighted by Crippen LogP contribution is 2.39. The van der Waals surface area contributed by atoms with Gasteiger partial charge in [0.25, 0.3) is 0 Å². The number of ketones is 1. The molecule has 3 heteroatoms. The first kappa shape index (κ1) is 18.7. The van der Waals surface area contributed by atoms with Crippen molar-refractivity contribution in [3.05, 3.63) is 0 Å². The van der Waals surface area contributed by atoms with Gasteiger partial charge in [0.15, 0.2) is 0 Å². The normalized spacial score (nSPS) is 17.9. The molecule has 0 radical (unpaired) electrons. The minimum Gasteiger partial charge on any atom is -0.300 e.